The van der Waals surface area contributed by atoms with Crippen molar-refractivity contribution in [2.75, 3.05) is 12.0 Å². The Labute approximate surface area is 182 Å². The van der Waals surface area contributed by atoms with Crippen LogP contribution in [0.15, 0.2) is 66.7 Å². The van der Waals surface area contributed by atoms with E-state index in [1.807, 2.05) is 0 Å². The quantitative estimate of drug-likeness (QED) is 0.438. The lowest BCUT2D eigenvalue weighted by Crippen LogP contribution is -2.14. The average Bonchev–Trinajstić information content (AvgIpc) is 2.67. The molecular weight excluding hydrogens is 366 g/mol. The van der Waals surface area contributed by atoms with E-state index in [2.05, 4.69) is 120 Å². The first kappa shape index (κ1) is 22.0. The van der Waals surface area contributed by atoms with Crippen LogP contribution in [-0.4, -0.2) is 7.11 Å². The van der Waals surface area contributed by atoms with Crippen molar-refractivity contribution in [2.24, 2.45) is 0 Å². The summed E-state index contributed by atoms with van der Waals surface area (Å²) in [5.41, 5.74) is 7.46. The van der Waals surface area contributed by atoms with Gasteiger partial charge in [-0.25, -0.2) is 0 Å². The van der Waals surface area contributed by atoms with Gasteiger partial charge in [0.05, 0.1) is 12.8 Å². The minimum Gasteiger partial charge on any atom is -0.497 e. The third kappa shape index (κ3) is 4.87. The lowest BCUT2D eigenvalue weighted by molar-refractivity contribution is 0.414. The maximum Gasteiger partial charge on any atom is 0.121 e. The van der Waals surface area contributed by atoms with Crippen LogP contribution < -0.4 is 9.64 Å². The molecule has 2 heteroatoms. The maximum atomic E-state index is 5.56. The van der Waals surface area contributed by atoms with Gasteiger partial charge in [-0.2, -0.15) is 0 Å². The number of hydrogen-bond acceptors (Lipinski definition) is 2. The molecular formula is C28H35NO. The molecule has 0 spiro atoms. The zero-order valence-electron chi connectivity index (χ0n) is 19.7. The summed E-state index contributed by atoms with van der Waals surface area (Å²) in [4.78, 5) is 2.30. The highest BCUT2D eigenvalue weighted by atomic mass is 16.5. The molecule has 0 fully saturated rings. The predicted octanol–water partition coefficient (Wildman–Crippen LogP) is 8.07. The normalized spacial score (nSPS) is 12.0. The molecule has 0 aliphatic heterocycles. The monoisotopic (exact) mass is 401 g/mol. The van der Waals surface area contributed by atoms with Gasteiger partial charge in [-0.15, -0.1) is 0 Å². The van der Waals surface area contributed by atoms with Crippen molar-refractivity contribution in [1.82, 2.24) is 0 Å². The molecule has 0 bridgehead atoms. The fourth-order valence-electron chi connectivity index (χ4n) is 3.64. The summed E-state index contributed by atoms with van der Waals surface area (Å²) in [5, 5.41) is 0. The molecule has 0 amide bonds. The molecule has 3 aromatic rings. The molecule has 0 atom stereocenters. The summed E-state index contributed by atoms with van der Waals surface area (Å²) >= 11 is 0. The van der Waals surface area contributed by atoms with Gasteiger partial charge >= 0.3 is 0 Å². The molecule has 0 unspecified atom stereocenters. The Morgan fingerprint density at radius 3 is 1.40 bits per heavy atom. The van der Waals surface area contributed by atoms with E-state index in [0.717, 1.165) is 22.8 Å². The molecule has 30 heavy (non-hydrogen) atoms. The first-order chi connectivity index (χ1) is 14.0. The fraction of sp³-hybridized carbons (Fsp3) is 0.357. The summed E-state index contributed by atoms with van der Waals surface area (Å²) in [6.07, 6.45) is 0. The van der Waals surface area contributed by atoms with Crippen molar-refractivity contribution in [3.63, 3.8) is 0 Å². The van der Waals surface area contributed by atoms with Crippen LogP contribution in [0.25, 0.3) is 0 Å². The molecule has 158 valence electrons. The van der Waals surface area contributed by atoms with Crippen molar-refractivity contribution in [3.05, 3.63) is 83.4 Å². The van der Waals surface area contributed by atoms with Crippen molar-refractivity contribution >= 4 is 17.1 Å². The van der Waals surface area contributed by atoms with Crippen molar-refractivity contribution in [1.29, 1.82) is 0 Å². The number of hydrogen-bond donors (Lipinski definition) is 0. The molecule has 0 aromatic heterocycles. The van der Waals surface area contributed by atoms with Crippen LogP contribution in [0.1, 0.15) is 58.2 Å². The second-order valence-corrected chi connectivity index (χ2v) is 10.1. The van der Waals surface area contributed by atoms with E-state index in [9.17, 15) is 0 Å². The number of ether oxygens (including phenoxy) is 1. The first-order valence-corrected chi connectivity index (χ1v) is 10.7. The second kappa shape index (κ2) is 8.18. The van der Waals surface area contributed by atoms with Gasteiger partial charge < -0.3 is 9.64 Å². The lowest BCUT2D eigenvalue weighted by atomic mass is 9.86. The Bertz CT molecular complexity index is 929. The molecule has 2 nitrogen and oxygen atoms in total. The highest BCUT2D eigenvalue weighted by Gasteiger charge is 2.19. The van der Waals surface area contributed by atoms with Gasteiger partial charge in [0.15, 0.2) is 0 Å². The Kier molecular flexibility index (Phi) is 5.99. The number of aryl methyl sites for hydroxylation is 1. The number of benzene rings is 3. The van der Waals surface area contributed by atoms with Crippen LogP contribution in [0, 0.1) is 6.92 Å². The van der Waals surface area contributed by atoms with E-state index in [1.54, 1.807) is 7.11 Å². The van der Waals surface area contributed by atoms with Gasteiger partial charge in [-0.3, -0.25) is 0 Å². The third-order valence-corrected chi connectivity index (χ3v) is 5.51. The van der Waals surface area contributed by atoms with Gasteiger partial charge in [0.25, 0.3) is 0 Å². The van der Waals surface area contributed by atoms with Gasteiger partial charge in [-0.05, 0) is 70.8 Å². The van der Waals surface area contributed by atoms with Crippen molar-refractivity contribution in [2.45, 2.75) is 59.3 Å². The zero-order valence-corrected chi connectivity index (χ0v) is 19.7. The van der Waals surface area contributed by atoms with Crippen molar-refractivity contribution < 1.29 is 4.74 Å². The van der Waals surface area contributed by atoms with Crippen LogP contribution in [0.2, 0.25) is 0 Å². The second-order valence-electron chi connectivity index (χ2n) is 10.1. The van der Waals surface area contributed by atoms with Gasteiger partial charge in [0.1, 0.15) is 5.75 Å². The molecule has 0 N–H and O–H groups in total. The summed E-state index contributed by atoms with van der Waals surface area (Å²) < 4.78 is 5.56. The van der Waals surface area contributed by atoms with Gasteiger partial charge in [0, 0.05) is 17.4 Å². The number of anilines is 3. The number of rotatable bonds is 4. The SMILES string of the molecule is COc1cc(C)cc(N(c2ccc(C(C)(C)C)cc2)c2ccc(C(C)(C)C)cc2)c1. The minimum atomic E-state index is 0.129. The van der Waals surface area contributed by atoms with E-state index in [-0.39, 0.29) is 10.8 Å². The highest BCUT2D eigenvalue weighted by molar-refractivity contribution is 5.77. The van der Waals surface area contributed by atoms with Gasteiger partial charge in [-0.1, -0.05) is 65.8 Å². The highest BCUT2D eigenvalue weighted by Crippen LogP contribution is 2.38. The molecule has 0 aliphatic carbocycles. The standard InChI is InChI=1S/C28H35NO/c1-20-17-25(19-26(18-20)30-8)29(23-13-9-21(10-14-23)27(2,3)4)24-15-11-22(12-16-24)28(5,6)7/h9-19H,1-8H3. The van der Waals surface area contributed by atoms with Crippen molar-refractivity contribution in [3.8, 4) is 5.75 Å². The topological polar surface area (TPSA) is 12.5 Å². The number of methoxy groups -OCH3 is 1. The smallest absolute Gasteiger partial charge is 0.121 e. The van der Waals surface area contributed by atoms with Crippen LogP contribution >= 0.6 is 0 Å². The van der Waals surface area contributed by atoms with E-state index < -0.39 is 0 Å². The van der Waals surface area contributed by atoms with E-state index in [0.29, 0.717) is 0 Å². The van der Waals surface area contributed by atoms with Crippen LogP contribution in [0.5, 0.6) is 5.75 Å². The van der Waals surface area contributed by atoms with Crippen LogP contribution in [-0.2, 0) is 10.8 Å². The lowest BCUT2D eigenvalue weighted by Gasteiger charge is -2.28. The van der Waals surface area contributed by atoms with E-state index in [1.165, 1.54) is 16.7 Å². The molecule has 0 saturated carbocycles. The largest absolute Gasteiger partial charge is 0.497 e. The Morgan fingerprint density at radius 1 is 0.600 bits per heavy atom. The Morgan fingerprint density at radius 2 is 1.03 bits per heavy atom. The molecule has 0 aliphatic rings. The van der Waals surface area contributed by atoms with Crippen LogP contribution in [0.3, 0.4) is 0 Å². The fourth-order valence-corrected chi connectivity index (χ4v) is 3.64. The molecule has 0 radical (unpaired) electrons. The third-order valence-electron chi connectivity index (χ3n) is 5.51. The molecule has 3 aromatic carbocycles. The predicted molar refractivity (Wildman–Crippen MR) is 130 cm³/mol. The summed E-state index contributed by atoms with van der Waals surface area (Å²) in [7, 11) is 1.72. The van der Waals surface area contributed by atoms with Crippen LogP contribution in [0.4, 0.5) is 17.1 Å². The number of nitrogens with zero attached hydrogens (tertiary/aromatic N) is 1. The summed E-state index contributed by atoms with van der Waals surface area (Å²) in [5.74, 6) is 0.868. The summed E-state index contributed by atoms with van der Waals surface area (Å²) in [6.45, 7) is 15.6. The first-order valence-electron chi connectivity index (χ1n) is 10.7. The average molecular weight is 402 g/mol. The zero-order chi connectivity index (χ0) is 22.1. The Hall–Kier alpha value is -2.74. The van der Waals surface area contributed by atoms with E-state index >= 15 is 0 Å². The molecule has 3 rings (SSSR count). The Balaban J connectivity index is 2.13. The van der Waals surface area contributed by atoms with Gasteiger partial charge in [0.2, 0.25) is 0 Å². The maximum absolute atomic E-state index is 5.56. The summed E-state index contributed by atoms with van der Waals surface area (Å²) in [6, 6.07) is 24.2. The minimum absolute atomic E-state index is 0.129. The molecule has 0 saturated heterocycles. The molecule has 0 heterocycles. The van der Waals surface area contributed by atoms with E-state index in [4.69, 9.17) is 4.74 Å².